The van der Waals surface area contributed by atoms with Crippen LogP contribution < -0.4 is 0 Å². The van der Waals surface area contributed by atoms with Crippen LogP contribution in [0.2, 0.25) is 0 Å². The quantitative estimate of drug-likeness (QED) is 0.0956. The summed E-state index contributed by atoms with van der Waals surface area (Å²) in [5, 5.41) is 16.0. The number of thioether (sulfide) groups is 1. The van der Waals surface area contributed by atoms with Crippen molar-refractivity contribution in [3.63, 3.8) is 0 Å². The van der Waals surface area contributed by atoms with E-state index in [4.69, 9.17) is 4.98 Å². The molecule has 4 heterocycles. The van der Waals surface area contributed by atoms with Crippen LogP contribution in [0.15, 0.2) is 52.7 Å². The normalized spacial score (nSPS) is 15.4. The zero-order valence-corrected chi connectivity index (χ0v) is 34.8. The fourth-order valence-corrected chi connectivity index (χ4v) is 9.68. The van der Waals surface area contributed by atoms with Crippen LogP contribution in [0.3, 0.4) is 0 Å². The van der Waals surface area contributed by atoms with Crippen LogP contribution in [0.1, 0.15) is 112 Å². The van der Waals surface area contributed by atoms with Gasteiger partial charge in [0, 0.05) is 68.8 Å². The summed E-state index contributed by atoms with van der Waals surface area (Å²) >= 11 is 5.56. The Morgan fingerprint density at radius 3 is 2.27 bits per heavy atom. The van der Waals surface area contributed by atoms with Gasteiger partial charge in [-0.05, 0) is 58.7 Å². The molecule has 8 heteroatoms. The van der Waals surface area contributed by atoms with E-state index in [0.29, 0.717) is 5.92 Å². The second-order valence-electron chi connectivity index (χ2n) is 14.5. The van der Waals surface area contributed by atoms with Gasteiger partial charge in [-0.2, -0.15) is 11.3 Å². The van der Waals surface area contributed by atoms with Gasteiger partial charge in [-0.1, -0.05) is 86.4 Å². The molecule has 0 aliphatic carbocycles. The SMILES string of the molecule is CC1CSc2c1ccc1sc3ncnc(-c4[c-]c5ccsc5c(C(C)(C)C)c4)c3c21.CCC(C)(CC)C(=O)/C=C(\O)C(C)(CC)CC.[Ir]. The van der Waals surface area contributed by atoms with Crippen LogP contribution in [0, 0.1) is 16.9 Å². The van der Waals surface area contributed by atoms with E-state index >= 15 is 0 Å². The molecular formula is C40H49IrN2O2S3-. The monoisotopic (exact) mass is 878 g/mol. The molecule has 0 fully saturated rings. The number of carbonyl (C=O) groups excluding carboxylic acids is 1. The van der Waals surface area contributed by atoms with Gasteiger partial charge >= 0.3 is 0 Å². The zero-order chi connectivity index (χ0) is 34.3. The van der Waals surface area contributed by atoms with Gasteiger partial charge in [0.15, 0.2) is 5.78 Å². The number of aliphatic hydroxyl groups is 1. The van der Waals surface area contributed by atoms with Gasteiger partial charge in [0.1, 0.15) is 16.9 Å². The summed E-state index contributed by atoms with van der Waals surface area (Å²) in [5.74, 6) is 2.03. The standard InChI is InChI=1S/C25H21N2S3.C15H28O2.Ir/c1-13-11-29-23-16(13)5-6-18-19(23)20-21(26-12-27-24(20)30-18)15-9-14-7-8-28-22(14)17(10-15)25(2,3)4;1-7-14(5,8-2)12(16)11-13(17)15(6,9-3)10-4;/h5-8,10,12-13H,11H2,1-4H3;11,16H,7-10H2,1-6H3;/q-1;;/b;12-11-;. The summed E-state index contributed by atoms with van der Waals surface area (Å²) in [6, 6.07) is 12.8. The van der Waals surface area contributed by atoms with E-state index in [1.165, 1.54) is 47.7 Å². The molecule has 6 rings (SSSR count). The Labute approximate surface area is 312 Å². The minimum absolute atomic E-state index is 0. The molecule has 0 saturated heterocycles. The van der Waals surface area contributed by atoms with Gasteiger partial charge < -0.3 is 5.11 Å². The van der Waals surface area contributed by atoms with E-state index in [9.17, 15) is 9.90 Å². The van der Waals surface area contributed by atoms with Gasteiger partial charge in [-0.3, -0.25) is 9.78 Å². The predicted molar refractivity (Wildman–Crippen MR) is 206 cm³/mol. The van der Waals surface area contributed by atoms with Crippen LogP contribution in [-0.4, -0.2) is 26.6 Å². The number of thiophene rings is 2. The molecule has 1 aliphatic rings. The van der Waals surface area contributed by atoms with Gasteiger partial charge in [0.05, 0.1) is 0 Å². The largest absolute Gasteiger partial charge is 0.512 e. The Hall–Kier alpha value is -2.09. The first-order valence-corrected chi connectivity index (χ1v) is 19.6. The average Bonchev–Trinajstić information content (AvgIpc) is 3.79. The number of rotatable bonds is 8. The third kappa shape index (κ3) is 7.21. The number of nitrogens with zero attached hydrogens (tertiary/aromatic N) is 2. The molecule has 259 valence electrons. The number of ketones is 1. The van der Waals surface area contributed by atoms with Gasteiger partial charge in [0.25, 0.3) is 0 Å². The van der Waals surface area contributed by atoms with E-state index in [-0.39, 0.29) is 47.9 Å². The van der Waals surface area contributed by atoms with Gasteiger partial charge in [0.2, 0.25) is 0 Å². The first kappa shape index (κ1) is 38.7. The van der Waals surface area contributed by atoms with E-state index in [2.05, 4.69) is 68.4 Å². The number of aromatic nitrogens is 2. The van der Waals surface area contributed by atoms with Gasteiger partial charge in [-0.15, -0.1) is 46.7 Å². The molecule has 48 heavy (non-hydrogen) atoms. The third-order valence-corrected chi connectivity index (χ3v) is 14.0. The number of carbonyl (C=O) groups is 1. The van der Waals surface area contributed by atoms with E-state index < -0.39 is 0 Å². The molecule has 0 bridgehead atoms. The summed E-state index contributed by atoms with van der Waals surface area (Å²) in [6.45, 7) is 21.3. The van der Waals surface area contributed by atoms with Crippen molar-refractivity contribution >= 4 is 70.6 Å². The summed E-state index contributed by atoms with van der Waals surface area (Å²) in [4.78, 5) is 24.2. The van der Waals surface area contributed by atoms with E-state index in [1.807, 2.05) is 53.3 Å². The molecule has 1 atom stereocenters. The molecule has 4 nitrogen and oxygen atoms in total. The smallest absolute Gasteiger partial charge is 0.164 e. The van der Waals surface area contributed by atoms with Crippen molar-refractivity contribution in [1.82, 2.24) is 9.97 Å². The maximum Gasteiger partial charge on any atom is 0.164 e. The predicted octanol–water partition coefficient (Wildman–Crippen LogP) is 12.7. The van der Waals surface area contributed by atoms with Crippen molar-refractivity contribution in [3.8, 4) is 11.3 Å². The molecule has 2 aromatic carbocycles. The second-order valence-corrected chi connectivity index (χ2v) is 17.5. The fraction of sp³-hybridized carbons (Fsp3) is 0.475. The van der Waals surface area contributed by atoms with Crippen LogP contribution >= 0.6 is 34.4 Å². The van der Waals surface area contributed by atoms with E-state index in [1.54, 1.807) is 29.0 Å². The maximum atomic E-state index is 12.2. The van der Waals surface area contributed by atoms with Crippen molar-refractivity contribution in [2.24, 2.45) is 10.8 Å². The number of fused-ring (bicyclic) bond motifs is 6. The Morgan fingerprint density at radius 2 is 1.65 bits per heavy atom. The number of benzene rings is 2. The summed E-state index contributed by atoms with van der Waals surface area (Å²) in [7, 11) is 0. The van der Waals surface area contributed by atoms with Crippen molar-refractivity contribution in [2.75, 3.05) is 5.75 Å². The average molecular weight is 878 g/mol. The molecule has 0 spiro atoms. The Kier molecular flexibility index (Phi) is 12.1. The number of allylic oxidation sites excluding steroid dienone is 2. The number of aliphatic hydroxyl groups excluding tert-OH is 1. The van der Waals surface area contributed by atoms with Crippen LogP contribution in [0.5, 0.6) is 0 Å². The van der Waals surface area contributed by atoms with Crippen molar-refractivity contribution < 1.29 is 30.0 Å². The second kappa shape index (κ2) is 15.0. The van der Waals surface area contributed by atoms with E-state index in [0.717, 1.165) is 47.5 Å². The minimum Gasteiger partial charge on any atom is -0.512 e. The maximum absolute atomic E-state index is 12.2. The molecule has 1 radical (unpaired) electrons. The third-order valence-electron chi connectivity index (χ3n) is 10.6. The molecule has 0 saturated carbocycles. The Balaban J connectivity index is 0.000000251. The van der Waals surface area contributed by atoms with Crippen LogP contribution in [0.25, 0.3) is 41.6 Å². The fourth-order valence-electron chi connectivity index (χ4n) is 6.10. The molecule has 0 amide bonds. The summed E-state index contributed by atoms with van der Waals surface area (Å²) in [5.41, 5.74) is 4.37. The zero-order valence-electron chi connectivity index (χ0n) is 30.0. The Bertz CT molecular complexity index is 1960. The first-order chi connectivity index (χ1) is 22.2. The molecule has 1 N–H and O–H groups in total. The Morgan fingerprint density at radius 1 is 0.979 bits per heavy atom. The van der Waals surface area contributed by atoms with Crippen molar-refractivity contribution in [3.05, 3.63) is 65.0 Å². The van der Waals surface area contributed by atoms with Gasteiger partial charge in [-0.25, -0.2) is 4.98 Å². The van der Waals surface area contributed by atoms with Crippen LogP contribution in [0.4, 0.5) is 0 Å². The topological polar surface area (TPSA) is 63.1 Å². The first-order valence-electron chi connectivity index (χ1n) is 16.9. The number of hydrogen-bond acceptors (Lipinski definition) is 7. The summed E-state index contributed by atoms with van der Waals surface area (Å²) < 4.78 is 2.64. The molecule has 5 aromatic rings. The molecular weight excluding hydrogens is 829 g/mol. The number of hydrogen-bond donors (Lipinski definition) is 1. The molecule has 1 aliphatic heterocycles. The minimum atomic E-state index is -0.337. The molecule has 3 aromatic heterocycles. The van der Waals surface area contributed by atoms with Crippen LogP contribution in [-0.2, 0) is 30.3 Å². The van der Waals surface area contributed by atoms with Crippen molar-refractivity contribution in [2.45, 2.75) is 111 Å². The van der Waals surface area contributed by atoms with Crippen molar-refractivity contribution in [1.29, 1.82) is 0 Å². The summed E-state index contributed by atoms with van der Waals surface area (Å²) in [6.07, 6.45) is 6.47. The molecule has 1 unspecified atom stereocenters.